The van der Waals surface area contributed by atoms with Gasteiger partial charge in [-0.2, -0.15) is 0 Å². The molecule has 0 aliphatic rings. The quantitative estimate of drug-likeness (QED) is 0.735. The normalized spacial score (nSPS) is 11.4. The SMILES string of the molecule is O=c1c(S(=O)(=O)c2ccccc2)non1-c1ccccc1. The Bertz CT molecular complexity index is 912. The third-order valence-corrected chi connectivity index (χ3v) is 4.52. The average Bonchev–Trinajstić information content (AvgIpc) is 2.91. The Labute approximate surface area is 120 Å². The molecule has 1 heterocycles. The Balaban J connectivity index is 2.15. The third-order valence-electron chi connectivity index (χ3n) is 2.87. The van der Waals surface area contributed by atoms with E-state index in [1.54, 1.807) is 48.5 Å². The largest absolute Gasteiger partial charge is 0.327 e. The highest BCUT2D eigenvalue weighted by Crippen LogP contribution is 2.16. The van der Waals surface area contributed by atoms with E-state index in [1.165, 1.54) is 12.1 Å². The van der Waals surface area contributed by atoms with Crippen molar-refractivity contribution in [2.45, 2.75) is 9.92 Å². The topological polar surface area (TPSA) is 82.2 Å². The lowest BCUT2D eigenvalue weighted by atomic mass is 10.3. The van der Waals surface area contributed by atoms with Crippen LogP contribution in [0.3, 0.4) is 0 Å². The minimum absolute atomic E-state index is 0.00406. The van der Waals surface area contributed by atoms with Crippen LogP contribution in [0.1, 0.15) is 0 Å². The molecule has 0 spiro atoms. The van der Waals surface area contributed by atoms with Gasteiger partial charge in [0.05, 0.1) is 10.6 Å². The fourth-order valence-electron chi connectivity index (χ4n) is 1.84. The maximum atomic E-state index is 12.4. The molecule has 0 N–H and O–H groups in total. The van der Waals surface area contributed by atoms with E-state index in [9.17, 15) is 13.2 Å². The van der Waals surface area contributed by atoms with Gasteiger partial charge in [-0.05, 0) is 29.4 Å². The lowest BCUT2D eigenvalue weighted by Gasteiger charge is -1.98. The number of benzene rings is 2. The number of para-hydroxylation sites is 1. The van der Waals surface area contributed by atoms with Crippen LogP contribution in [0.15, 0.2) is 80.0 Å². The number of nitrogens with zero attached hydrogens (tertiary/aromatic N) is 2. The van der Waals surface area contributed by atoms with Gasteiger partial charge in [0.15, 0.2) is 0 Å². The summed E-state index contributed by atoms with van der Waals surface area (Å²) in [4.78, 5) is 12.2. The predicted octanol–water partition coefficient (Wildman–Crippen LogP) is 1.66. The van der Waals surface area contributed by atoms with Gasteiger partial charge in [0.1, 0.15) is 0 Å². The van der Waals surface area contributed by atoms with Crippen LogP contribution in [0, 0.1) is 0 Å². The first kappa shape index (κ1) is 13.3. The summed E-state index contributed by atoms with van der Waals surface area (Å²) in [5.41, 5.74) is -0.408. The molecule has 2 aromatic carbocycles. The van der Waals surface area contributed by atoms with Crippen LogP contribution < -0.4 is 5.56 Å². The van der Waals surface area contributed by atoms with Crippen LogP contribution >= 0.6 is 0 Å². The Morgan fingerprint density at radius 1 is 0.905 bits per heavy atom. The molecule has 0 atom stereocenters. The molecular weight excluding hydrogens is 292 g/mol. The number of hydrogen-bond donors (Lipinski definition) is 0. The maximum absolute atomic E-state index is 12.4. The standard InChI is InChI=1S/C14H10N2O4S/c17-14-13(21(18,19)12-9-5-2-6-10-12)15-20-16(14)11-7-3-1-4-8-11/h1-10H. The maximum Gasteiger partial charge on any atom is 0.327 e. The second kappa shape index (κ2) is 5.02. The fraction of sp³-hybridized carbons (Fsp3) is 0. The number of aromatic nitrogens is 2. The molecule has 3 rings (SSSR count). The van der Waals surface area contributed by atoms with Gasteiger partial charge in [0, 0.05) is 0 Å². The average molecular weight is 302 g/mol. The van der Waals surface area contributed by atoms with E-state index in [-0.39, 0.29) is 4.90 Å². The van der Waals surface area contributed by atoms with Crippen LogP contribution in [0.25, 0.3) is 5.69 Å². The minimum Gasteiger partial charge on any atom is -0.263 e. The molecule has 0 saturated heterocycles. The van der Waals surface area contributed by atoms with Crippen LogP contribution in [0.2, 0.25) is 0 Å². The van der Waals surface area contributed by atoms with Crippen molar-refractivity contribution >= 4 is 9.84 Å². The van der Waals surface area contributed by atoms with Crippen LogP contribution in [0.4, 0.5) is 0 Å². The Kier molecular flexibility index (Phi) is 3.19. The summed E-state index contributed by atoms with van der Waals surface area (Å²) in [6.45, 7) is 0. The minimum atomic E-state index is -4.00. The van der Waals surface area contributed by atoms with Crippen molar-refractivity contribution in [1.82, 2.24) is 9.90 Å². The molecule has 0 aliphatic heterocycles. The first-order valence-corrected chi connectivity index (χ1v) is 7.54. The van der Waals surface area contributed by atoms with E-state index in [2.05, 4.69) is 5.16 Å². The van der Waals surface area contributed by atoms with Gasteiger partial charge in [-0.25, -0.2) is 8.42 Å². The second-order valence-corrected chi connectivity index (χ2v) is 6.09. The van der Waals surface area contributed by atoms with E-state index >= 15 is 0 Å². The zero-order valence-corrected chi connectivity index (χ0v) is 11.5. The molecule has 0 fully saturated rings. The molecule has 106 valence electrons. The van der Waals surface area contributed by atoms with Gasteiger partial charge >= 0.3 is 5.56 Å². The highest BCUT2D eigenvalue weighted by Gasteiger charge is 2.27. The molecule has 0 amide bonds. The summed E-state index contributed by atoms with van der Waals surface area (Å²) in [5.74, 6) is 0. The molecule has 1 aromatic heterocycles. The molecule has 0 radical (unpaired) electrons. The Morgan fingerprint density at radius 2 is 1.48 bits per heavy atom. The third kappa shape index (κ3) is 2.27. The summed E-state index contributed by atoms with van der Waals surface area (Å²) in [6.07, 6.45) is 0. The summed E-state index contributed by atoms with van der Waals surface area (Å²) >= 11 is 0. The van der Waals surface area contributed by atoms with Gasteiger partial charge < -0.3 is 0 Å². The van der Waals surface area contributed by atoms with Crippen LogP contribution in [0.5, 0.6) is 0 Å². The molecule has 7 heteroatoms. The van der Waals surface area contributed by atoms with Crippen molar-refractivity contribution in [3.63, 3.8) is 0 Å². The van der Waals surface area contributed by atoms with Crippen molar-refractivity contribution in [3.8, 4) is 5.69 Å². The monoisotopic (exact) mass is 302 g/mol. The van der Waals surface area contributed by atoms with Gasteiger partial charge in [-0.15, -0.1) is 4.74 Å². The zero-order chi connectivity index (χ0) is 14.9. The number of hydrogen-bond acceptors (Lipinski definition) is 5. The van der Waals surface area contributed by atoms with Crippen molar-refractivity contribution in [2.24, 2.45) is 0 Å². The Hall–Kier alpha value is -2.67. The summed E-state index contributed by atoms with van der Waals surface area (Å²) in [7, 11) is -4.00. The molecule has 3 aromatic rings. The smallest absolute Gasteiger partial charge is 0.263 e. The van der Waals surface area contributed by atoms with Gasteiger partial charge in [0.2, 0.25) is 9.84 Å². The first-order valence-electron chi connectivity index (χ1n) is 6.05. The van der Waals surface area contributed by atoms with Crippen LogP contribution in [-0.2, 0) is 9.84 Å². The number of sulfone groups is 1. The Morgan fingerprint density at radius 3 is 2.10 bits per heavy atom. The van der Waals surface area contributed by atoms with E-state index in [0.717, 1.165) is 4.74 Å². The van der Waals surface area contributed by atoms with Crippen molar-refractivity contribution < 1.29 is 13.0 Å². The summed E-state index contributed by atoms with van der Waals surface area (Å²) in [5, 5.41) is 2.80. The van der Waals surface area contributed by atoms with E-state index in [1.807, 2.05) is 0 Å². The van der Waals surface area contributed by atoms with Crippen LogP contribution in [-0.4, -0.2) is 18.3 Å². The van der Waals surface area contributed by atoms with Crippen molar-refractivity contribution in [2.75, 3.05) is 0 Å². The first-order chi connectivity index (χ1) is 10.1. The van der Waals surface area contributed by atoms with Gasteiger partial charge in [0.25, 0.3) is 5.03 Å². The van der Waals surface area contributed by atoms with E-state index in [0.29, 0.717) is 5.69 Å². The van der Waals surface area contributed by atoms with Crippen molar-refractivity contribution in [3.05, 3.63) is 71.0 Å². The molecule has 6 nitrogen and oxygen atoms in total. The van der Waals surface area contributed by atoms with Gasteiger partial charge in [-0.1, -0.05) is 36.4 Å². The van der Waals surface area contributed by atoms with Gasteiger partial charge in [-0.3, -0.25) is 9.42 Å². The molecule has 0 unspecified atom stereocenters. The fourth-order valence-corrected chi connectivity index (χ4v) is 3.03. The molecule has 0 aliphatic carbocycles. The molecule has 0 saturated carbocycles. The predicted molar refractivity (Wildman–Crippen MR) is 74.0 cm³/mol. The molecule has 21 heavy (non-hydrogen) atoms. The second-order valence-electron chi connectivity index (χ2n) is 4.23. The summed E-state index contributed by atoms with van der Waals surface area (Å²) < 4.78 is 30.4. The number of rotatable bonds is 3. The highest BCUT2D eigenvalue weighted by atomic mass is 32.2. The molecular formula is C14H10N2O4S. The summed E-state index contributed by atoms with van der Waals surface area (Å²) in [6, 6.07) is 16.0. The van der Waals surface area contributed by atoms with E-state index < -0.39 is 20.4 Å². The lowest BCUT2D eigenvalue weighted by molar-refractivity contribution is 0.241. The molecule has 0 bridgehead atoms. The highest BCUT2D eigenvalue weighted by molar-refractivity contribution is 7.91. The lowest BCUT2D eigenvalue weighted by Crippen LogP contribution is -2.19. The zero-order valence-electron chi connectivity index (χ0n) is 10.7. The van der Waals surface area contributed by atoms with Crippen molar-refractivity contribution in [1.29, 1.82) is 0 Å². The van der Waals surface area contributed by atoms with E-state index in [4.69, 9.17) is 4.63 Å².